The van der Waals surface area contributed by atoms with Crippen LogP contribution in [-0.2, 0) is 28.5 Å². The molecule has 4 aromatic carbocycles. The number of aromatic nitrogens is 1. The van der Waals surface area contributed by atoms with E-state index in [1.54, 1.807) is 44.7 Å². The quantitative estimate of drug-likeness (QED) is 0.0590. The van der Waals surface area contributed by atoms with Crippen molar-refractivity contribution >= 4 is 51.3 Å². The van der Waals surface area contributed by atoms with Crippen LogP contribution < -0.4 is 20.2 Å². The molecule has 6 aliphatic rings. The van der Waals surface area contributed by atoms with E-state index in [9.17, 15) is 39.6 Å². The zero-order valence-electron chi connectivity index (χ0n) is 47.1. The zero-order chi connectivity index (χ0) is 58.6. The first kappa shape index (κ1) is 57.0. The smallest absolute Gasteiger partial charge is 0.409 e. The molecule has 0 spiro atoms. The van der Waals surface area contributed by atoms with Crippen molar-refractivity contribution in [2.45, 2.75) is 110 Å². The molecular weight excluding hydrogens is 1050 g/mol. The third-order valence-electron chi connectivity index (χ3n) is 16.7. The van der Waals surface area contributed by atoms with E-state index in [-0.39, 0.29) is 68.7 Å². The lowest BCUT2D eigenvalue weighted by molar-refractivity contribution is -0.160. The molecule has 10 rings (SSSR count). The number of methoxy groups -OCH3 is 1. The molecular formula is C63H67N3O16. The number of ketones is 1. The highest BCUT2D eigenvalue weighted by Crippen LogP contribution is 2.51. The van der Waals surface area contributed by atoms with Crippen molar-refractivity contribution in [2.75, 3.05) is 32.1 Å². The Morgan fingerprint density at radius 2 is 1.55 bits per heavy atom. The zero-order valence-corrected chi connectivity index (χ0v) is 47.1. The molecule has 4 bridgehead atoms. The van der Waals surface area contributed by atoms with Crippen LogP contribution in [0.25, 0.3) is 44.5 Å². The van der Waals surface area contributed by atoms with Crippen LogP contribution in [0.5, 0.6) is 23.0 Å². The number of Topliss-reactive ketones (excluding diaryl/α,β-unsaturated/α-hetero) is 1. The van der Waals surface area contributed by atoms with Crippen LogP contribution in [0.1, 0.15) is 94.3 Å². The van der Waals surface area contributed by atoms with Gasteiger partial charge in [0.2, 0.25) is 5.43 Å². The lowest BCUT2D eigenvalue weighted by Crippen LogP contribution is -2.46. The van der Waals surface area contributed by atoms with Crippen molar-refractivity contribution in [1.82, 2.24) is 9.88 Å². The number of likely N-dealkylation sites (tertiary alicyclic amines) is 1. The number of benzene rings is 5. The van der Waals surface area contributed by atoms with E-state index in [4.69, 9.17) is 37.8 Å². The van der Waals surface area contributed by atoms with Gasteiger partial charge in [0.25, 0.3) is 11.7 Å². The first-order valence-electron chi connectivity index (χ1n) is 27.5. The number of ether oxygens (including phenoxy) is 6. The minimum Gasteiger partial charge on any atom is -0.507 e. The van der Waals surface area contributed by atoms with Crippen LogP contribution >= 0.6 is 0 Å². The summed E-state index contributed by atoms with van der Waals surface area (Å²) >= 11 is 0. The van der Waals surface area contributed by atoms with E-state index in [0.29, 0.717) is 25.9 Å². The summed E-state index contributed by atoms with van der Waals surface area (Å²) in [6, 6.07) is 19.1. The monoisotopic (exact) mass is 1120 g/mol. The number of hydrogen-bond donors (Lipinski definition) is 5. The molecule has 82 heavy (non-hydrogen) atoms. The summed E-state index contributed by atoms with van der Waals surface area (Å²) < 4.78 is 42.8. The summed E-state index contributed by atoms with van der Waals surface area (Å²) in [6.45, 7) is 13.2. The van der Waals surface area contributed by atoms with Gasteiger partial charge in [-0.1, -0.05) is 94.5 Å². The molecule has 19 nitrogen and oxygen atoms in total. The fourth-order valence-electron chi connectivity index (χ4n) is 12.0. The minimum absolute atomic E-state index is 0.00945. The summed E-state index contributed by atoms with van der Waals surface area (Å²) in [5.41, 5.74) is 2.55. The first-order chi connectivity index (χ1) is 39.1. The second kappa shape index (κ2) is 22.6. The highest BCUT2D eigenvalue weighted by atomic mass is 16.7. The van der Waals surface area contributed by atoms with Crippen LogP contribution in [-0.4, -0.2) is 117 Å². The van der Waals surface area contributed by atoms with Crippen LogP contribution in [0.2, 0.25) is 0 Å². The van der Waals surface area contributed by atoms with Crippen molar-refractivity contribution < 1.29 is 72.4 Å². The standard InChI is InChI=1S/C63H67N3O16/c1-30-15-14-16-31(2)61(74)65-52-56(72)48-47(49-58(35(6)55(48)71)82-63(8,60(49)73)78-26-23-45(76-9)32(3)57(79-36(7)67)34(5)54(70)33(4)53(30)69)51-59(52)81-46-28-38(27-44(68)50(46)64-51)80-37-21-24-66(25-22-37)62(75)77-29-43-41-19-12-10-17-39(41)40-18-11-13-20-42(40)43/h10-20,23,26-28,30,32-34,37,43,45,53-54,57,68-71H,21-22,24-25,29H2,1-9H3,(H,65,74)/b15-14+,26-23+,31-16-/t30-,32+,33+,34+,45-,53-,54+,57+,63-/m0/s1. The molecule has 1 saturated heterocycles. The number of nitrogens with zero attached hydrogens (tertiary/aromatic N) is 2. The Kier molecular flexibility index (Phi) is 15.7. The van der Waals surface area contributed by atoms with Crippen LogP contribution in [0.15, 0.2) is 106 Å². The van der Waals surface area contributed by atoms with Crippen LogP contribution in [0.4, 0.5) is 10.5 Å². The number of carbonyl (C=O) groups is 4. The minimum atomic E-state index is -2.13. The number of anilines is 1. The van der Waals surface area contributed by atoms with E-state index in [2.05, 4.69) is 29.6 Å². The number of rotatable bonds is 6. The van der Waals surface area contributed by atoms with E-state index < -0.39 is 112 Å². The molecule has 0 saturated carbocycles. The molecule has 9 atom stereocenters. The number of piperidine rings is 1. The number of nitrogens with one attached hydrogen (secondary N) is 1. The van der Waals surface area contributed by atoms with Crippen molar-refractivity contribution in [2.24, 2.45) is 23.7 Å². The van der Waals surface area contributed by atoms with Crippen molar-refractivity contribution in [3.63, 3.8) is 0 Å². The van der Waals surface area contributed by atoms with Gasteiger partial charge in [-0.25, -0.2) is 9.78 Å². The fraction of sp³-hybridized carbons (Fsp3) is 0.397. The summed E-state index contributed by atoms with van der Waals surface area (Å²) in [5.74, 6) is -8.37. The molecule has 4 heterocycles. The second-order valence-electron chi connectivity index (χ2n) is 22.1. The maximum Gasteiger partial charge on any atom is 0.409 e. The van der Waals surface area contributed by atoms with Gasteiger partial charge in [0, 0.05) is 105 Å². The van der Waals surface area contributed by atoms with E-state index in [1.165, 1.54) is 65.4 Å². The van der Waals surface area contributed by atoms with E-state index in [1.807, 2.05) is 24.3 Å². The Morgan fingerprint density at radius 1 is 0.878 bits per heavy atom. The Morgan fingerprint density at radius 3 is 2.21 bits per heavy atom. The van der Waals surface area contributed by atoms with Gasteiger partial charge in [0.1, 0.15) is 58.7 Å². The molecule has 0 unspecified atom stereocenters. The number of phenols is 2. The summed E-state index contributed by atoms with van der Waals surface area (Å²) in [7, 11) is 1.42. The summed E-state index contributed by atoms with van der Waals surface area (Å²) in [4.78, 5) is 76.6. The maximum absolute atomic E-state index is 15.0. The normalized spacial score (nSPS) is 26.8. The second-order valence-corrected chi connectivity index (χ2v) is 22.1. The number of phenolic OH excluding ortho intramolecular Hbond substituents is 2. The third-order valence-corrected chi connectivity index (χ3v) is 16.7. The van der Waals surface area contributed by atoms with Gasteiger partial charge in [-0.05, 0) is 42.2 Å². The molecule has 4 aromatic rings. The largest absolute Gasteiger partial charge is 0.507 e. The van der Waals surface area contributed by atoms with Gasteiger partial charge in [0.05, 0.1) is 35.5 Å². The van der Waals surface area contributed by atoms with Crippen molar-refractivity contribution in [3.8, 4) is 45.6 Å². The number of aromatic hydroxyl groups is 2. The van der Waals surface area contributed by atoms with Gasteiger partial charge in [-0.3, -0.25) is 19.2 Å². The molecule has 1 fully saturated rings. The van der Waals surface area contributed by atoms with Gasteiger partial charge >= 0.3 is 17.8 Å². The Labute approximate surface area is 473 Å². The highest BCUT2D eigenvalue weighted by Gasteiger charge is 2.50. The number of carbonyl (C=O) groups excluding carboxylic acids is 4. The van der Waals surface area contributed by atoms with Gasteiger partial charge in [-0.15, -0.1) is 0 Å². The first-order valence-corrected chi connectivity index (χ1v) is 27.5. The SMILES string of the molecule is CO[C@H]1/C=C/O[C@@]2(C)Oc3c(C)c(O)c4c(=O)c(c5oc6cc(OC7CCN(C(=O)OCC8c9ccccc9-c9ccccc98)CC7)cc(O)c6nc-5c4c3C2=O)NC(=O)/C(C)=C\C=C\[C@H](C)[C@H](O)[C@@H](C)[C@@H](O)[C@@H](C)[C@H](OC(C)=O)[C@@H]1C. The highest BCUT2D eigenvalue weighted by molar-refractivity contribution is 6.22. The molecule has 430 valence electrons. The molecule has 0 aromatic heterocycles. The maximum atomic E-state index is 15.0. The number of hydrogen-bond acceptors (Lipinski definition) is 17. The average Bonchev–Trinajstić information content (AvgIpc) is 2.32. The van der Waals surface area contributed by atoms with Crippen molar-refractivity contribution in [3.05, 3.63) is 129 Å². The lowest BCUT2D eigenvalue weighted by atomic mass is 9.78. The van der Waals surface area contributed by atoms with Crippen LogP contribution in [0, 0.1) is 30.6 Å². The average molecular weight is 1120 g/mol. The number of allylic oxidation sites excluding steroid dienone is 2. The van der Waals surface area contributed by atoms with Gasteiger partial charge in [0.15, 0.2) is 11.3 Å². The predicted octanol–water partition coefficient (Wildman–Crippen LogP) is 9.45. The fourth-order valence-corrected chi connectivity index (χ4v) is 12.0. The number of fused-ring (bicyclic) bond motifs is 5. The third kappa shape index (κ3) is 10.3. The lowest BCUT2D eigenvalue weighted by Gasteiger charge is -2.38. The molecule has 2 aliphatic carbocycles. The summed E-state index contributed by atoms with van der Waals surface area (Å²) in [6.07, 6.45) is 3.26. The van der Waals surface area contributed by atoms with Crippen molar-refractivity contribution in [1.29, 1.82) is 0 Å². The van der Waals surface area contributed by atoms with E-state index >= 15 is 4.79 Å². The molecule has 2 amide bonds. The van der Waals surface area contributed by atoms with Crippen LogP contribution in [0.3, 0.4) is 0 Å². The summed E-state index contributed by atoms with van der Waals surface area (Å²) in [5, 5.41) is 48.9. The Bertz CT molecular complexity index is 3610. The Balaban J connectivity index is 0.991. The predicted molar refractivity (Wildman–Crippen MR) is 303 cm³/mol. The van der Waals surface area contributed by atoms with Gasteiger partial charge < -0.3 is 63.5 Å². The number of amides is 2. The molecule has 4 aliphatic heterocycles. The number of aliphatic hydroxyl groups is 2. The topological polar surface area (TPSA) is 263 Å². The molecule has 19 heteroatoms. The Hall–Kier alpha value is -8.26. The van der Waals surface area contributed by atoms with Gasteiger partial charge in [-0.2, -0.15) is 0 Å². The number of aliphatic hydroxyl groups excluding tert-OH is 2. The molecule has 0 radical (unpaired) electrons. The number of esters is 1. The molecule has 5 N–H and O–H groups in total. The van der Waals surface area contributed by atoms with E-state index in [0.717, 1.165) is 22.3 Å².